The molecule has 0 aromatic heterocycles. The summed E-state index contributed by atoms with van der Waals surface area (Å²) < 4.78 is 0. The van der Waals surface area contributed by atoms with Crippen molar-refractivity contribution in [2.75, 3.05) is 5.75 Å². The second kappa shape index (κ2) is 3.98. The number of nitrogens with two attached hydrogens (primary N) is 2. The molecule has 0 aliphatic rings. The fourth-order valence-electron chi connectivity index (χ4n) is 0.0779. The fourth-order valence-corrected chi connectivity index (χ4v) is 0.234. The molecule has 0 fully saturated rings. The normalized spacial score (nSPS) is 15.4. The van der Waals surface area contributed by atoms with Crippen LogP contribution in [0.2, 0.25) is 0 Å². The number of rotatable bonds is 2. The summed E-state index contributed by atoms with van der Waals surface area (Å²) >= 11 is 3.81. The lowest BCUT2D eigenvalue weighted by molar-refractivity contribution is -0.121. The first kappa shape index (κ1) is 11.8. The SMILES string of the molecule is C[C@](N)(CS)C(N)=O.Cl. The van der Waals surface area contributed by atoms with Crippen molar-refractivity contribution in [1.29, 1.82) is 0 Å². The zero-order valence-electron chi connectivity index (χ0n) is 5.13. The van der Waals surface area contributed by atoms with Gasteiger partial charge in [-0.1, -0.05) is 0 Å². The molecule has 0 heterocycles. The predicted molar refractivity (Wildman–Crippen MR) is 42.9 cm³/mol. The molecule has 0 aromatic rings. The highest BCUT2D eigenvalue weighted by molar-refractivity contribution is 7.80. The summed E-state index contributed by atoms with van der Waals surface area (Å²) in [4.78, 5) is 10.3. The van der Waals surface area contributed by atoms with E-state index < -0.39 is 11.4 Å². The third-order valence-electron chi connectivity index (χ3n) is 0.891. The van der Waals surface area contributed by atoms with Gasteiger partial charge in [0.15, 0.2) is 0 Å². The molecule has 3 nitrogen and oxygen atoms in total. The maximum atomic E-state index is 10.3. The van der Waals surface area contributed by atoms with Gasteiger partial charge in [-0.25, -0.2) is 0 Å². The number of carbonyl (C=O) groups is 1. The molecule has 0 aliphatic heterocycles. The Balaban J connectivity index is 0. The second-order valence-corrected chi connectivity index (χ2v) is 2.26. The van der Waals surface area contributed by atoms with E-state index in [1.165, 1.54) is 0 Å². The minimum Gasteiger partial charge on any atom is -0.368 e. The molecular weight excluding hydrogens is 160 g/mol. The number of halogens is 1. The second-order valence-electron chi connectivity index (χ2n) is 1.94. The van der Waals surface area contributed by atoms with E-state index in [1.54, 1.807) is 6.92 Å². The Morgan fingerprint density at radius 3 is 2.11 bits per heavy atom. The first-order chi connectivity index (χ1) is 3.50. The van der Waals surface area contributed by atoms with E-state index in [2.05, 4.69) is 12.6 Å². The summed E-state index contributed by atoms with van der Waals surface area (Å²) in [6.07, 6.45) is 0. The van der Waals surface area contributed by atoms with Crippen LogP contribution in [-0.4, -0.2) is 17.2 Å². The van der Waals surface area contributed by atoms with Crippen molar-refractivity contribution in [3.05, 3.63) is 0 Å². The fraction of sp³-hybridized carbons (Fsp3) is 0.750. The van der Waals surface area contributed by atoms with Crippen LogP contribution < -0.4 is 11.5 Å². The van der Waals surface area contributed by atoms with Gasteiger partial charge in [0, 0.05) is 5.75 Å². The Morgan fingerprint density at radius 1 is 1.78 bits per heavy atom. The molecule has 5 heteroatoms. The zero-order chi connectivity index (χ0) is 6.78. The lowest BCUT2D eigenvalue weighted by Gasteiger charge is -2.15. The van der Waals surface area contributed by atoms with Crippen molar-refractivity contribution in [1.82, 2.24) is 0 Å². The van der Waals surface area contributed by atoms with Crippen molar-refractivity contribution in [2.24, 2.45) is 11.5 Å². The van der Waals surface area contributed by atoms with E-state index in [0.29, 0.717) is 0 Å². The number of thiol groups is 1. The molecule has 9 heavy (non-hydrogen) atoms. The van der Waals surface area contributed by atoms with E-state index >= 15 is 0 Å². The van der Waals surface area contributed by atoms with Crippen LogP contribution in [0.1, 0.15) is 6.92 Å². The van der Waals surface area contributed by atoms with Crippen LogP contribution in [0.5, 0.6) is 0 Å². The van der Waals surface area contributed by atoms with Gasteiger partial charge in [0.25, 0.3) is 0 Å². The van der Waals surface area contributed by atoms with E-state index in [-0.39, 0.29) is 18.2 Å². The zero-order valence-corrected chi connectivity index (χ0v) is 6.84. The predicted octanol–water partition coefficient (Wildman–Crippen LogP) is -0.459. The van der Waals surface area contributed by atoms with Gasteiger partial charge in [-0.3, -0.25) is 4.79 Å². The monoisotopic (exact) mass is 170 g/mol. The minimum atomic E-state index is -0.955. The van der Waals surface area contributed by atoms with E-state index in [4.69, 9.17) is 11.5 Å². The molecule has 56 valence electrons. The summed E-state index contributed by atoms with van der Waals surface area (Å²) in [5, 5.41) is 0. The summed E-state index contributed by atoms with van der Waals surface area (Å²) in [7, 11) is 0. The molecule has 1 atom stereocenters. The van der Waals surface area contributed by atoms with Gasteiger partial charge in [-0.05, 0) is 6.92 Å². The number of carbonyl (C=O) groups excluding carboxylic acids is 1. The van der Waals surface area contributed by atoms with Gasteiger partial charge in [0.1, 0.15) is 5.54 Å². The van der Waals surface area contributed by atoms with E-state index in [1.807, 2.05) is 0 Å². The molecule has 0 radical (unpaired) electrons. The van der Waals surface area contributed by atoms with Gasteiger partial charge >= 0.3 is 0 Å². The van der Waals surface area contributed by atoms with Gasteiger partial charge in [0.2, 0.25) is 5.91 Å². The van der Waals surface area contributed by atoms with Crippen LogP contribution >= 0.6 is 25.0 Å². The minimum absolute atomic E-state index is 0. The van der Waals surface area contributed by atoms with Crippen LogP contribution in [0.15, 0.2) is 0 Å². The van der Waals surface area contributed by atoms with Gasteiger partial charge in [-0.15, -0.1) is 12.4 Å². The molecule has 0 saturated heterocycles. The van der Waals surface area contributed by atoms with Crippen LogP contribution in [0.25, 0.3) is 0 Å². The maximum Gasteiger partial charge on any atom is 0.238 e. The van der Waals surface area contributed by atoms with Gasteiger partial charge in [0.05, 0.1) is 0 Å². The lowest BCUT2D eigenvalue weighted by Crippen LogP contribution is -2.50. The molecule has 0 spiro atoms. The van der Waals surface area contributed by atoms with Crippen molar-refractivity contribution in [2.45, 2.75) is 12.5 Å². The highest BCUT2D eigenvalue weighted by atomic mass is 35.5. The van der Waals surface area contributed by atoms with Crippen molar-refractivity contribution in [3.8, 4) is 0 Å². The first-order valence-corrected chi connectivity index (χ1v) is 2.83. The molecule has 0 rings (SSSR count). The third-order valence-corrected chi connectivity index (χ3v) is 1.55. The van der Waals surface area contributed by atoms with Crippen molar-refractivity contribution >= 4 is 30.9 Å². The number of amides is 1. The molecule has 0 saturated carbocycles. The van der Waals surface area contributed by atoms with E-state index in [0.717, 1.165) is 0 Å². The number of hydrogen-bond donors (Lipinski definition) is 3. The summed E-state index contributed by atoms with van der Waals surface area (Å²) in [6, 6.07) is 0. The smallest absolute Gasteiger partial charge is 0.238 e. The molecule has 1 amide bonds. The van der Waals surface area contributed by atoms with Crippen LogP contribution in [-0.2, 0) is 4.79 Å². The number of hydrogen-bond acceptors (Lipinski definition) is 3. The van der Waals surface area contributed by atoms with Crippen molar-refractivity contribution < 1.29 is 4.79 Å². The maximum absolute atomic E-state index is 10.3. The standard InChI is InChI=1S/C4H10N2OS.ClH/c1-4(6,2-8)3(5)7;/h8H,2,6H2,1H3,(H2,5,7);1H/t4-;/m0./s1. The Bertz CT molecular complexity index is 107. The number of primary amides is 1. The topological polar surface area (TPSA) is 69.1 Å². The molecule has 0 aliphatic carbocycles. The van der Waals surface area contributed by atoms with Gasteiger partial charge < -0.3 is 11.5 Å². The van der Waals surface area contributed by atoms with Crippen molar-refractivity contribution in [3.63, 3.8) is 0 Å². The highest BCUT2D eigenvalue weighted by Crippen LogP contribution is 1.98. The molecule has 0 bridgehead atoms. The highest BCUT2D eigenvalue weighted by Gasteiger charge is 2.22. The lowest BCUT2D eigenvalue weighted by atomic mass is 10.1. The first-order valence-electron chi connectivity index (χ1n) is 2.20. The van der Waals surface area contributed by atoms with Crippen LogP contribution in [0, 0.1) is 0 Å². The summed E-state index contributed by atoms with van der Waals surface area (Å²) in [5.41, 5.74) is 9.22. The summed E-state index contributed by atoms with van der Waals surface area (Å²) in [5.74, 6) is -0.241. The molecule has 0 aromatic carbocycles. The molecule has 0 unspecified atom stereocenters. The summed E-state index contributed by atoms with van der Waals surface area (Å²) in [6.45, 7) is 1.54. The van der Waals surface area contributed by atoms with Crippen LogP contribution in [0.4, 0.5) is 0 Å². The quantitative estimate of drug-likeness (QED) is 0.491. The Morgan fingerprint density at radius 2 is 2.11 bits per heavy atom. The molecular formula is C4H11ClN2OS. The Kier molecular flexibility index (Phi) is 5.22. The average Bonchev–Trinajstić information content (AvgIpc) is 1.67. The Hall–Kier alpha value is 0.0700. The average molecular weight is 171 g/mol. The third kappa shape index (κ3) is 3.61. The molecule has 4 N–H and O–H groups in total. The Labute approximate surface area is 66.0 Å². The van der Waals surface area contributed by atoms with Crippen LogP contribution in [0.3, 0.4) is 0 Å². The van der Waals surface area contributed by atoms with E-state index in [9.17, 15) is 4.79 Å². The van der Waals surface area contributed by atoms with Gasteiger partial charge in [-0.2, -0.15) is 12.6 Å². The largest absolute Gasteiger partial charge is 0.368 e.